The van der Waals surface area contributed by atoms with Crippen LogP contribution in [0.3, 0.4) is 0 Å². The summed E-state index contributed by atoms with van der Waals surface area (Å²) in [5, 5.41) is 0. The molecule has 108 valence electrons. The Morgan fingerprint density at radius 3 is 2.40 bits per heavy atom. The molecule has 4 aliphatic carbocycles. The number of hydrogen-bond acceptors (Lipinski definition) is 3. The predicted molar refractivity (Wildman–Crippen MR) is 78.9 cm³/mol. The zero-order chi connectivity index (χ0) is 13.6. The van der Waals surface area contributed by atoms with Crippen molar-refractivity contribution in [2.24, 2.45) is 23.2 Å². The van der Waals surface area contributed by atoms with Crippen molar-refractivity contribution in [3.63, 3.8) is 0 Å². The van der Waals surface area contributed by atoms with Crippen molar-refractivity contribution < 1.29 is 4.74 Å². The van der Waals surface area contributed by atoms with E-state index in [1.54, 1.807) is 6.20 Å². The van der Waals surface area contributed by atoms with Gasteiger partial charge in [-0.25, -0.2) is 4.98 Å². The molecule has 0 saturated heterocycles. The van der Waals surface area contributed by atoms with E-state index in [4.69, 9.17) is 10.5 Å². The Morgan fingerprint density at radius 2 is 1.80 bits per heavy atom. The number of ether oxygens (including phenoxy) is 1. The van der Waals surface area contributed by atoms with Gasteiger partial charge in [-0.05, 0) is 67.8 Å². The molecule has 4 aliphatic rings. The lowest BCUT2D eigenvalue weighted by Gasteiger charge is -2.56. The molecule has 0 aromatic carbocycles. The van der Waals surface area contributed by atoms with Crippen molar-refractivity contribution in [2.75, 3.05) is 12.3 Å². The van der Waals surface area contributed by atoms with Crippen LogP contribution in [-0.4, -0.2) is 11.6 Å². The molecule has 1 aromatic rings. The van der Waals surface area contributed by atoms with Gasteiger partial charge in [0.1, 0.15) is 5.82 Å². The van der Waals surface area contributed by atoms with Crippen LogP contribution in [-0.2, 0) is 11.3 Å². The van der Waals surface area contributed by atoms with Crippen molar-refractivity contribution in [3.8, 4) is 0 Å². The van der Waals surface area contributed by atoms with Crippen LogP contribution in [0.4, 0.5) is 5.82 Å². The van der Waals surface area contributed by atoms with Gasteiger partial charge in [-0.1, -0.05) is 6.07 Å². The quantitative estimate of drug-likeness (QED) is 0.914. The first kappa shape index (κ1) is 12.6. The lowest BCUT2D eigenvalue weighted by atomic mass is 9.50. The van der Waals surface area contributed by atoms with Gasteiger partial charge in [0, 0.05) is 11.8 Å². The van der Waals surface area contributed by atoms with Gasteiger partial charge >= 0.3 is 0 Å². The van der Waals surface area contributed by atoms with Crippen molar-refractivity contribution in [1.82, 2.24) is 4.98 Å². The van der Waals surface area contributed by atoms with E-state index < -0.39 is 0 Å². The highest BCUT2D eigenvalue weighted by molar-refractivity contribution is 5.37. The van der Waals surface area contributed by atoms with E-state index in [1.807, 2.05) is 12.1 Å². The molecule has 4 fully saturated rings. The summed E-state index contributed by atoms with van der Waals surface area (Å²) in [5.74, 6) is 3.59. The maximum Gasteiger partial charge on any atom is 0.128 e. The van der Waals surface area contributed by atoms with E-state index in [0.29, 0.717) is 17.8 Å². The number of nitrogens with two attached hydrogens (primary N) is 1. The maximum atomic E-state index is 6.07. The standard InChI is InChI=1S/C17H24N2O/c18-16-15(2-1-3-19-16)10-20-11-17-7-12-4-13(8-17)6-14(5-12)9-17/h1-3,12-14H,4-11H2,(H2,18,19). The third-order valence-electron chi connectivity index (χ3n) is 5.76. The average molecular weight is 272 g/mol. The number of anilines is 1. The van der Waals surface area contributed by atoms with E-state index in [1.165, 1.54) is 38.5 Å². The van der Waals surface area contributed by atoms with Crippen molar-refractivity contribution in [2.45, 2.75) is 45.1 Å². The zero-order valence-corrected chi connectivity index (χ0v) is 12.1. The first-order valence-electron chi connectivity index (χ1n) is 8.00. The predicted octanol–water partition coefficient (Wildman–Crippen LogP) is 3.40. The Morgan fingerprint density at radius 1 is 1.15 bits per heavy atom. The number of rotatable bonds is 4. The summed E-state index contributed by atoms with van der Waals surface area (Å²) in [4.78, 5) is 4.12. The highest BCUT2D eigenvalue weighted by atomic mass is 16.5. The van der Waals surface area contributed by atoms with Crippen LogP contribution in [0.15, 0.2) is 18.3 Å². The van der Waals surface area contributed by atoms with E-state index >= 15 is 0 Å². The zero-order valence-electron chi connectivity index (χ0n) is 12.1. The molecule has 2 N–H and O–H groups in total. The topological polar surface area (TPSA) is 48.1 Å². The summed E-state index contributed by atoms with van der Waals surface area (Å²) in [7, 11) is 0. The van der Waals surface area contributed by atoms with Crippen LogP contribution in [0.5, 0.6) is 0 Å². The fourth-order valence-electron chi connectivity index (χ4n) is 5.42. The molecule has 3 heteroatoms. The first-order chi connectivity index (χ1) is 9.72. The Labute approximate surface area is 120 Å². The lowest BCUT2D eigenvalue weighted by molar-refractivity contribution is -0.0993. The normalized spacial score (nSPS) is 38.3. The average Bonchev–Trinajstić information content (AvgIpc) is 2.39. The fraction of sp³-hybridized carbons (Fsp3) is 0.706. The van der Waals surface area contributed by atoms with Crippen LogP contribution in [0.1, 0.15) is 44.1 Å². The maximum absolute atomic E-state index is 6.07. The number of hydrogen-bond donors (Lipinski definition) is 1. The summed E-state index contributed by atoms with van der Waals surface area (Å²) in [6.45, 7) is 1.53. The van der Waals surface area contributed by atoms with Crippen LogP contribution < -0.4 is 5.73 Å². The molecule has 0 aliphatic heterocycles. The summed E-state index contributed by atoms with van der Waals surface area (Å²) >= 11 is 0. The number of nitrogen functional groups attached to an aromatic ring is 1. The molecule has 0 unspecified atom stereocenters. The monoisotopic (exact) mass is 272 g/mol. The van der Waals surface area contributed by atoms with Gasteiger partial charge in [0.2, 0.25) is 0 Å². The molecule has 1 heterocycles. The van der Waals surface area contributed by atoms with Gasteiger partial charge in [-0.15, -0.1) is 0 Å². The molecular formula is C17H24N2O. The molecule has 4 bridgehead atoms. The van der Waals surface area contributed by atoms with Gasteiger partial charge in [-0.3, -0.25) is 0 Å². The number of aromatic nitrogens is 1. The van der Waals surface area contributed by atoms with Crippen LogP contribution in [0.25, 0.3) is 0 Å². The Bertz CT molecular complexity index is 464. The van der Waals surface area contributed by atoms with Gasteiger partial charge in [0.05, 0.1) is 13.2 Å². The van der Waals surface area contributed by atoms with E-state index in [0.717, 1.165) is 29.9 Å². The van der Waals surface area contributed by atoms with Crippen LogP contribution in [0, 0.1) is 23.2 Å². The van der Waals surface area contributed by atoms with Crippen molar-refractivity contribution in [3.05, 3.63) is 23.9 Å². The van der Waals surface area contributed by atoms with E-state index in [9.17, 15) is 0 Å². The van der Waals surface area contributed by atoms with Gasteiger partial charge < -0.3 is 10.5 Å². The van der Waals surface area contributed by atoms with Crippen molar-refractivity contribution >= 4 is 5.82 Å². The minimum atomic E-state index is 0.492. The minimum absolute atomic E-state index is 0.492. The Balaban J connectivity index is 1.39. The smallest absolute Gasteiger partial charge is 0.128 e. The second-order valence-electron chi connectivity index (χ2n) is 7.46. The van der Waals surface area contributed by atoms with Crippen LogP contribution >= 0.6 is 0 Å². The van der Waals surface area contributed by atoms with Gasteiger partial charge in [0.25, 0.3) is 0 Å². The highest BCUT2D eigenvalue weighted by Crippen LogP contribution is 2.60. The van der Waals surface area contributed by atoms with Crippen LogP contribution in [0.2, 0.25) is 0 Å². The minimum Gasteiger partial charge on any atom is -0.383 e. The molecule has 3 nitrogen and oxygen atoms in total. The molecule has 5 rings (SSSR count). The second-order valence-corrected chi connectivity index (χ2v) is 7.46. The highest BCUT2D eigenvalue weighted by Gasteiger charge is 2.50. The molecule has 0 atom stereocenters. The largest absolute Gasteiger partial charge is 0.383 e. The number of nitrogens with zero attached hydrogens (tertiary/aromatic N) is 1. The van der Waals surface area contributed by atoms with Gasteiger partial charge in [-0.2, -0.15) is 0 Å². The SMILES string of the molecule is Nc1ncccc1COCC12CC3CC(CC(C3)C1)C2. The summed E-state index contributed by atoms with van der Waals surface area (Å²) in [6, 6.07) is 3.95. The first-order valence-corrected chi connectivity index (χ1v) is 8.00. The summed E-state index contributed by atoms with van der Waals surface area (Å²) < 4.78 is 6.07. The lowest BCUT2D eigenvalue weighted by Crippen LogP contribution is -2.48. The van der Waals surface area contributed by atoms with Crippen molar-refractivity contribution in [1.29, 1.82) is 0 Å². The van der Waals surface area contributed by atoms with Gasteiger partial charge in [0.15, 0.2) is 0 Å². The Hall–Kier alpha value is -1.09. The molecule has 0 spiro atoms. The van der Waals surface area contributed by atoms with E-state index in [2.05, 4.69) is 4.98 Å². The molecule has 1 aromatic heterocycles. The Kier molecular flexibility index (Phi) is 2.99. The molecule has 4 saturated carbocycles. The number of pyridine rings is 1. The third kappa shape index (κ3) is 2.22. The molecule has 0 amide bonds. The van der Waals surface area contributed by atoms with E-state index in [-0.39, 0.29) is 0 Å². The molecule has 20 heavy (non-hydrogen) atoms. The summed E-state index contributed by atoms with van der Waals surface area (Å²) in [5.41, 5.74) is 7.39. The molecule has 0 radical (unpaired) electrons. The molecular weight excluding hydrogens is 248 g/mol. The third-order valence-corrected chi connectivity index (χ3v) is 5.76. The second kappa shape index (κ2) is 4.73. The fourth-order valence-corrected chi connectivity index (χ4v) is 5.42. The summed E-state index contributed by atoms with van der Waals surface area (Å²) in [6.07, 6.45) is 10.4.